The quantitative estimate of drug-likeness (QED) is 0.764. The van der Waals surface area contributed by atoms with Gasteiger partial charge in [-0.05, 0) is 32.1 Å². The molecule has 6 nitrogen and oxygen atoms in total. The minimum absolute atomic E-state index is 0.0922. The zero-order valence-corrected chi connectivity index (χ0v) is 11.1. The maximum absolute atomic E-state index is 12.7. The van der Waals surface area contributed by atoms with Gasteiger partial charge in [-0.25, -0.2) is 4.79 Å². The van der Waals surface area contributed by atoms with Gasteiger partial charge in [-0.1, -0.05) is 0 Å². The second kappa shape index (κ2) is 5.88. The summed E-state index contributed by atoms with van der Waals surface area (Å²) < 4.78 is 5.30. The van der Waals surface area contributed by atoms with Gasteiger partial charge < -0.3 is 20.5 Å². The van der Waals surface area contributed by atoms with Crippen LogP contribution in [-0.4, -0.2) is 54.2 Å². The molecule has 0 aliphatic carbocycles. The molecule has 0 bridgehead atoms. The van der Waals surface area contributed by atoms with Crippen molar-refractivity contribution >= 4 is 11.9 Å². The third-order valence-corrected chi connectivity index (χ3v) is 4.34. The number of amides is 1. The van der Waals surface area contributed by atoms with E-state index in [-0.39, 0.29) is 12.5 Å². The molecule has 2 rings (SSSR count). The van der Waals surface area contributed by atoms with Crippen molar-refractivity contribution in [3.8, 4) is 0 Å². The van der Waals surface area contributed by atoms with Crippen LogP contribution in [0.1, 0.15) is 32.1 Å². The molecule has 0 saturated carbocycles. The Kier molecular flexibility index (Phi) is 4.42. The first-order valence-corrected chi connectivity index (χ1v) is 6.92. The Morgan fingerprint density at radius 2 is 2.00 bits per heavy atom. The van der Waals surface area contributed by atoms with E-state index >= 15 is 0 Å². The van der Waals surface area contributed by atoms with Crippen molar-refractivity contribution in [2.75, 3.05) is 26.3 Å². The Morgan fingerprint density at radius 3 is 2.58 bits per heavy atom. The number of nitrogens with two attached hydrogens (primary N) is 1. The van der Waals surface area contributed by atoms with Crippen LogP contribution in [-0.2, 0) is 14.3 Å². The first kappa shape index (κ1) is 14.3. The summed E-state index contributed by atoms with van der Waals surface area (Å²) in [4.78, 5) is 25.6. The van der Waals surface area contributed by atoms with Crippen LogP contribution in [0.25, 0.3) is 0 Å². The van der Waals surface area contributed by atoms with Crippen molar-refractivity contribution < 1.29 is 19.4 Å². The summed E-state index contributed by atoms with van der Waals surface area (Å²) in [6.45, 7) is 1.83. The molecule has 2 fully saturated rings. The lowest BCUT2D eigenvalue weighted by Crippen LogP contribution is -2.56. The summed E-state index contributed by atoms with van der Waals surface area (Å²) in [6.07, 6.45) is 3.45. The average Bonchev–Trinajstić information content (AvgIpc) is 2.47. The number of hydrogen-bond donors (Lipinski definition) is 2. The molecule has 0 aromatic carbocycles. The molecule has 1 amide bonds. The fourth-order valence-electron chi connectivity index (χ4n) is 3.00. The smallest absolute Gasteiger partial charge is 0.326 e. The van der Waals surface area contributed by atoms with Gasteiger partial charge in [0, 0.05) is 26.3 Å². The number of carboxylic acid groups (broad SMARTS) is 1. The van der Waals surface area contributed by atoms with Gasteiger partial charge in [-0.3, -0.25) is 4.79 Å². The third kappa shape index (κ3) is 2.74. The molecule has 2 aliphatic rings. The summed E-state index contributed by atoms with van der Waals surface area (Å²) in [5.74, 6) is -1.00. The molecule has 2 aliphatic heterocycles. The summed E-state index contributed by atoms with van der Waals surface area (Å²) in [5.41, 5.74) is 5.20. The molecule has 2 heterocycles. The van der Waals surface area contributed by atoms with E-state index in [0.717, 1.165) is 12.8 Å². The molecule has 19 heavy (non-hydrogen) atoms. The number of hydrogen-bond acceptors (Lipinski definition) is 4. The highest BCUT2D eigenvalue weighted by atomic mass is 16.5. The number of carboxylic acids is 1. The van der Waals surface area contributed by atoms with Gasteiger partial charge in [0.15, 0.2) is 0 Å². The first-order chi connectivity index (χ1) is 9.10. The Hall–Kier alpha value is -1.14. The average molecular weight is 270 g/mol. The molecule has 0 aromatic rings. The van der Waals surface area contributed by atoms with E-state index in [1.165, 1.54) is 4.90 Å². The number of aliphatic carboxylic acids is 1. The Morgan fingerprint density at radius 1 is 1.32 bits per heavy atom. The molecule has 108 valence electrons. The van der Waals surface area contributed by atoms with Crippen molar-refractivity contribution in [1.29, 1.82) is 0 Å². The van der Waals surface area contributed by atoms with Gasteiger partial charge in [0.2, 0.25) is 5.91 Å². The molecule has 0 unspecified atom stereocenters. The van der Waals surface area contributed by atoms with E-state index in [0.29, 0.717) is 39.0 Å². The summed E-state index contributed by atoms with van der Waals surface area (Å²) in [6, 6.07) is -0.687. The van der Waals surface area contributed by atoms with Crippen LogP contribution in [0.5, 0.6) is 0 Å². The molecule has 6 heteroatoms. The predicted molar refractivity (Wildman–Crippen MR) is 68.5 cm³/mol. The van der Waals surface area contributed by atoms with Crippen LogP contribution in [0.3, 0.4) is 0 Å². The highest BCUT2D eigenvalue weighted by Crippen LogP contribution is 2.34. The third-order valence-electron chi connectivity index (χ3n) is 4.34. The summed E-state index contributed by atoms with van der Waals surface area (Å²) in [7, 11) is 0. The number of piperidine rings is 1. The topological polar surface area (TPSA) is 92.9 Å². The van der Waals surface area contributed by atoms with Crippen molar-refractivity contribution in [2.24, 2.45) is 11.1 Å². The Labute approximate surface area is 112 Å². The van der Waals surface area contributed by atoms with Crippen molar-refractivity contribution in [2.45, 2.75) is 38.1 Å². The maximum atomic E-state index is 12.7. The normalized spacial score (nSPS) is 27.0. The lowest BCUT2D eigenvalue weighted by atomic mass is 9.78. The summed E-state index contributed by atoms with van der Waals surface area (Å²) in [5, 5.41) is 9.26. The van der Waals surface area contributed by atoms with Gasteiger partial charge in [-0.2, -0.15) is 0 Å². The van der Waals surface area contributed by atoms with Crippen molar-refractivity contribution in [3.63, 3.8) is 0 Å². The number of rotatable bonds is 3. The van der Waals surface area contributed by atoms with E-state index in [1.807, 2.05) is 0 Å². The molecule has 1 atom stereocenters. The fraction of sp³-hybridized carbons (Fsp3) is 0.846. The predicted octanol–water partition coefficient (Wildman–Crippen LogP) is 0.208. The van der Waals surface area contributed by atoms with Crippen LogP contribution in [0.2, 0.25) is 0 Å². The molecular weight excluding hydrogens is 248 g/mol. The number of likely N-dealkylation sites (tertiary alicyclic amines) is 1. The largest absolute Gasteiger partial charge is 0.480 e. The first-order valence-electron chi connectivity index (χ1n) is 6.92. The molecule has 3 N–H and O–H groups in total. The second-order valence-electron chi connectivity index (χ2n) is 5.45. The van der Waals surface area contributed by atoms with Gasteiger partial charge in [0.25, 0.3) is 0 Å². The molecule has 2 saturated heterocycles. The SMILES string of the molecule is NCC1(C(=O)N2CCCC[C@H]2C(=O)O)CCOCC1. The Bertz CT molecular complexity index is 353. The lowest BCUT2D eigenvalue weighted by Gasteiger charge is -2.42. The monoisotopic (exact) mass is 270 g/mol. The van der Waals surface area contributed by atoms with Crippen molar-refractivity contribution in [3.05, 3.63) is 0 Å². The van der Waals surface area contributed by atoms with Crippen LogP contribution in [0.15, 0.2) is 0 Å². The molecular formula is C13H22N2O4. The number of nitrogens with zero attached hydrogens (tertiary/aromatic N) is 1. The van der Waals surface area contributed by atoms with E-state index in [4.69, 9.17) is 10.5 Å². The Balaban J connectivity index is 2.17. The molecule has 0 spiro atoms. The van der Waals surface area contributed by atoms with Gasteiger partial charge in [0.05, 0.1) is 5.41 Å². The van der Waals surface area contributed by atoms with Crippen molar-refractivity contribution in [1.82, 2.24) is 4.90 Å². The minimum Gasteiger partial charge on any atom is -0.480 e. The van der Waals surface area contributed by atoms with Crippen LogP contribution >= 0.6 is 0 Å². The van der Waals surface area contributed by atoms with E-state index in [9.17, 15) is 14.7 Å². The van der Waals surface area contributed by atoms with Gasteiger partial charge in [-0.15, -0.1) is 0 Å². The number of carbonyl (C=O) groups excluding carboxylic acids is 1. The standard InChI is InChI=1S/C13H22N2O4/c14-9-13(4-7-19-8-5-13)12(18)15-6-2-1-3-10(15)11(16)17/h10H,1-9,14H2,(H,16,17)/t10-/m0/s1. The number of carbonyl (C=O) groups is 2. The summed E-state index contributed by atoms with van der Waals surface area (Å²) >= 11 is 0. The second-order valence-corrected chi connectivity index (χ2v) is 5.45. The van der Waals surface area contributed by atoms with E-state index in [1.54, 1.807) is 0 Å². The zero-order valence-electron chi connectivity index (χ0n) is 11.1. The number of ether oxygens (including phenoxy) is 1. The molecule has 0 aromatic heterocycles. The van der Waals surface area contributed by atoms with E-state index < -0.39 is 17.4 Å². The van der Waals surface area contributed by atoms with Crippen LogP contribution in [0.4, 0.5) is 0 Å². The minimum atomic E-state index is -0.910. The van der Waals surface area contributed by atoms with Crippen LogP contribution in [0, 0.1) is 5.41 Å². The lowest BCUT2D eigenvalue weighted by molar-refractivity contribution is -0.160. The van der Waals surface area contributed by atoms with Crippen LogP contribution < -0.4 is 5.73 Å². The highest BCUT2D eigenvalue weighted by Gasteiger charge is 2.45. The fourth-order valence-corrected chi connectivity index (χ4v) is 3.00. The maximum Gasteiger partial charge on any atom is 0.326 e. The van der Waals surface area contributed by atoms with Gasteiger partial charge in [0.1, 0.15) is 6.04 Å². The highest BCUT2D eigenvalue weighted by molar-refractivity contribution is 5.88. The van der Waals surface area contributed by atoms with Gasteiger partial charge >= 0.3 is 5.97 Å². The zero-order chi connectivity index (χ0) is 13.9. The van der Waals surface area contributed by atoms with E-state index in [2.05, 4.69) is 0 Å². The molecule has 0 radical (unpaired) electrons.